The molecule has 0 aromatic rings. The van der Waals surface area contributed by atoms with Crippen molar-refractivity contribution in [1.29, 1.82) is 0 Å². The van der Waals surface area contributed by atoms with Gasteiger partial charge in [-0.1, -0.05) is 0 Å². The van der Waals surface area contributed by atoms with E-state index in [2.05, 4.69) is 0 Å². The van der Waals surface area contributed by atoms with Crippen LogP contribution in [-0.4, -0.2) is 47.0 Å². The molecule has 0 bridgehead atoms. The Balaban J connectivity index is -0.0000000358. The van der Waals surface area contributed by atoms with Gasteiger partial charge in [0.05, 0.1) is 6.26 Å². The zero-order chi connectivity index (χ0) is 12.6. The standard InChI is InChI=1S/CH4O3S.BrH.ClH.HNO3.H2O4S/c1-5(2,3)4;;;2-1(3)4;1-5(2,3)4/h1H3,(H,2,3,4);2*1H;(H,2,3,4);(H2,1,2,3,4). The second kappa shape index (κ2) is 12.8. The first-order valence-corrected chi connectivity index (χ1v) is 5.43. The van der Waals surface area contributed by atoms with Crippen molar-refractivity contribution in [3.8, 4) is 0 Å². The fourth-order valence-corrected chi connectivity index (χ4v) is 0. The number of hydrogen-bond acceptors (Lipinski definition) is 6. The molecule has 0 radical (unpaired) electrons. The molecule has 0 aliphatic rings. The van der Waals surface area contributed by atoms with Gasteiger partial charge < -0.3 is 5.21 Å². The summed E-state index contributed by atoms with van der Waals surface area (Å²) in [5, 5.41) is 13.6. The number of rotatable bonds is 0. The van der Waals surface area contributed by atoms with Crippen LogP contribution in [-0.2, 0) is 20.5 Å². The summed E-state index contributed by atoms with van der Waals surface area (Å²) in [6.07, 6.45) is 0.715. The molecular formula is CH9BrClNO10S2. The SMILES string of the molecule is Br.CS(=O)(=O)O.Cl.O=S(=O)(O)O.O=[N+]([O-])O. The molecular weight excluding hydrogens is 365 g/mol. The molecule has 0 aromatic heterocycles. The minimum absolute atomic E-state index is 0. The summed E-state index contributed by atoms with van der Waals surface area (Å²) in [5.41, 5.74) is 0. The molecule has 0 atom stereocenters. The second-order valence-corrected chi connectivity index (χ2v) is 3.78. The molecule has 0 saturated carbocycles. The van der Waals surface area contributed by atoms with Crippen LogP contribution in [0.2, 0.25) is 0 Å². The Morgan fingerprint density at radius 3 is 1.06 bits per heavy atom. The first-order valence-electron chi connectivity index (χ1n) is 2.19. The van der Waals surface area contributed by atoms with Crippen molar-refractivity contribution in [3.63, 3.8) is 0 Å². The van der Waals surface area contributed by atoms with Crippen LogP contribution in [0.25, 0.3) is 0 Å². The van der Waals surface area contributed by atoms with E-state index in [1.54, 1.807) is 0 Å². The van der Waals surface area contributed by atoms with Crippen molar-refractivity contribution in [2.45, 2.75) is 0 Å². The topological polar surface area (TPSA) is 192 Å². The average molecular weight is 375 g/mol. The van der Waals surface area contributed by atoms with E-state index in [4.69, 9.17) is 37.4 Å². The zero-order valence-corrected chi connectivity index (χ0v) is 11.5. The maximum atomic E-state index is 9.19. The third-order valence-corrected chi connectivity index (χ3v) is 0. The first-order chi connectivity index (χ1) is 5.73. The Kier molecular flexibility index (Phi) is 23.8. The predicted octanol–water partition coefficient (Wildman–Crippen LogP) is -0.497. The van der Waals surface area contributed by atoms with E-state index in [9.17, 15) is 8.42 Å². The van der Waals surface area contributed by atoms with Crippen molar-refractivity contribution >= 4 is 49.9 Å². The molecule has 15 heteroatoms. The van der Waals surface area contributed by atoms with Crippen molar-refractivity contribution in [2.24, 2.45) is 0 Å². The fraction of sp³-hybridized carbons (Fsp3) is 1.00. The molecule has 4 N–H and O–H groups in total. The molecule has 0 aliphatic carbocycles. The van der Waals surface area contributed by atoms with Crippen LogP contribution < -0.4 is 0 Å². The van der Waals surface area contributed by atoms with Gasteiger partial charge in [-0.15, -0.1) is 39.5 Å². The third kappa shape index (κ3) is 35800. The average Bonchev–Trinajstić information content (AvgIpc) is 1.45. The highest BCUT2D eigenvalue weighted by molar-refractivity contribution is 8.93. The molecule has 0 heterocycles. The minimum Gasteiger partial charge on any atom is -0.328 e. The van der Waals surface area contributed by atoms with Gasteiger partial charge in [0.1, 0.15) is 0 Å². The number of hydrogen-bond donors (Lipinski definition) is 4. The molecule has 0 aliphatic heterocycles. The van der Waals surface area contributed by atoms with Gasteiger partial charge in [0, 0.05) is 0 Å². The highest BCUT2D eigenvalue weighted by atomic mass is 79.9. The lowest BCUT2D eigenvalue weighted by Gasteiger charge is -1.69. The Bertz CT molecular complexity index is 295. The summed E-state index contributed by atoms with van der Waals surface area (Å²) in [5.74, 6) is 0. The minimum atomic E-state index is -4.67. The number of halogens is 2. The van der Waals surface area contributed by atoms with Crippen LogP contribution in [0, 0.1) is 10.1 Å². The van der Waals surface area contributed by atoms with Crippen LogP contribution in [0.3, 0.4) is 0 Å². The lowest BCUT2D eigenvalue weighted by atomic mass is 12.0. The fourth-order valence-electron chi connectivity index (χ4n) is 0. The molecule has 0 saturated heterocycles. The van der Waals surface area contributed by atoms with Gasteiger partial charge in [0.25, 0.3) is 15.2 Å². The highest BCUT2D eigenvalue weighted by Gasteiger charge is 1.84. The molecule has 16 heavy (non-hydrogen) atoms. The first kappa shape index (κ1) is 29.7. The summed E-state index contributed by atoms with van der Waals surface area (Å²) in [6.45, 7) is 0. The van der Waals surface area contributed by atoms with Crippen LogP contribution in [0.5, 0.6) is 0 Å². The summed E-state index contributed by atoms with van der Waals surface area (Å²) < 4.78 is 57.5. The molecule has 0 rings (SSSR count). The van der Waals surface area contributed by atoms with E-state index in [1.165, 1.54) is 0 Å². The Morgan fingerprint density at radius 2 is 1.06 bits per heavy atom. The lowest BCUT2D eigenvalue weighted by Crippen LogP contribution is -1.89. The molecule has 0 unspecified atom stereocenters. The maximum absolute atomic E-state index is 9.19. The molecule has 11 nitrogen and oxygen atoms in total. The Labute approximate surface area is 107 Å². The van der Waals surface area contributed by atoms with Crippen LogP contribution in [0.4, 0.5) is 0 Å². The van der Waals surface area contributed by atoms with E-state index in [-0.39, 0.29) is 29.4 Å². The molecule has 0 spiro atoms. The Hall–Kier alpha value is -0.250. The molecule has 0 fully saturated rings. The summed E-state index contributed by atoms with van der Waals surface area (Å²) >= 11 is 0. The molecule has 104 valence electrons. The van der Waals surface area contributed by atoms with Crippen molar-refractivity contribution < 1.29 is 40.8 Å². The largest absolute Gasteiger partial charge is 0.394 e. The van der Waals surface area contributed by atoms with E-state index < -0.39 is 25.6 Å². The molecule has 0 aromatic carbocycles. The van der Waals surface area contributed by atoms with Gasteiger partial charge in [-0.25, -0.2) is 0 Å². The maximum Gasteiger partial charge on any atom is 0.394 e. The van der Waals surface area contributed by atoms with Gasteiger partial charge in [-0.2, -0.15) is 16.8 Å². The smallest absolute Gasteiger partial charge is 0.328 e. The highest BCUT2D eigenvalue weighted by Crippen LogP contribution is 1.60. The Morgan fingerprint density at radius 1 is 1.06 bits per heavy atom. The van der Waals surface area contributed by atoms with E-state index >= 15 is 0 Å². The van der Waals surface area contributed by atoms with E-state index in [0.29, 0.717) is 6.26 Å². The van der Waals surface area contributed by atoms with Gasteiger partial charge in [-0.05, 0) is 0 Å². The van der Waals surface area contributed by atoms with Gasteiger partial charge in [0.2, 0.25) is 0 Å². The van der Waals surface area contributed by atoms with Crippen LogP contribution in [0.1, 0.15) is 0 Å². The monoisotopic (exact) mass is 373 g/mol. The summed E-state index contributed by atoms with van der Waals surface area (Å²) in [4.78, 5) is 8.36. The predicted molar refractivity (Wildman–Crippen MR) is 58.0 cm³/mol. The van der Waals surface area contributed by atoms with Crippen molar-refractivity contribution in [3.05, 3.63) is 10.1 Å². The molecule has 0 amide bonds. The van der Waals surface area contributed by atoms with Crippen LogP contribution >= 0.6 is 29.4 Å². The second-order valence-electron chi connectivity index (χ2n) is 1.42. The summed E-state index contributed by atoms with van der Waals surface area (Å²) in [7, 11) is -8.33. The quantitative estimate of drug-likeness (QED) is 0.244. The zero-order valence-electron chi connectivity index (χ0n) is 7.32. The van der Waals surface area contributed by atoms with Crippen LogP contribution in [0.15, 0.2) is 0 Å². The normalized spacial score (nSPS) is 8.75. The van der Waals surface area contributed by atoms with Gasteiger partial charge in [-0.3, -0.25) is 13.7 Å². The summed E-state index contributed by atoms with van der Waals surface area (Å²) in [6, 6.07) is 0. The van der Waals surface area contributed by atoms with E-state index in [0.717, 1.165) is 0 Å². The third-order valence-electron chi connectivity index (χ3n) is 0. The van der Waals surface area contributed by atoms with Gasteiger partial charge >= 0.3 is 10.4 Å². The van der Waals surface area contributed by atoms with Crippen molar-refractivity contribution in [2.75, 3.05) is 6.26 Å². The number of nitrogens with zero attached hydrogens (tertiary/aromatic N) is 1. The van der Waals surface area contributed by atoms with E-state index in [1.807, 2.05) is 0 Å². The van der Waals surface area contributed by atoms with Crippen molar-refractivity contribution in [1.82, 2.24) is 0 Å². The lowest BCUT2D eigenvalue weighted by molar-refractivity contribution is -0.742. The van der Waals surface area contributed by atoms with Gasteiger partial charge in [0.15, 0.2) is 0 Å².